The molecule has 1 aliphatic heterocycles. The van der Waals surface area contributed by atoms with E-state index in [4.69, 9.17) is 10.2 Å². The Morgan fingerprint density at radius 3 is 2.56 bits per heavy atom. The predicted molar refractivity (Wildman–Crippen MR) is 54.5 cm³/mol. The zero-order valence-electron chi connectivity index (χ0n) is 8.67. The van der Waals surface area contributed by atoms with Gasteiger partial charge in [-0.3, -0.25) is 4.79 Å². The van der Waals surface area contributed by atoms with Crippen LogP contribution in [0, 0.1) is 0 Å². The minimum absolute atomic E-state index is 0.124. The second kappa shape index (κ2) is 4.25. The highest BCUT2D eigenvalue weighted by atomic mass is 16.4. The number of carbonyl (C=O) groups is 1. The van der Waals surface area contributed by atoms with Crippen molar-refractivity contribution in [3.05, 3.63) is 23.7 Å². The average Bonchev–Trinajstić information content (AvgIpc) is 2.86. The molecule has 1 fully saturated rings. The topological polar surface area (TPSA) is 99.9 Å². The maximum atomic E-state index is 11.8. The molecule has 0 aliphatic carbocycles. The van der Waals surface area contributed by atoms with Gasteiger partial charge in [0.25, 0.3) is 5.91 Å². The Kier molecular flexibility index (Phi) is 2.95. The number of hydrogen-bond donors (Lipinski definition) is 3. The number of hydrogen-bond acceptors (Lipinski definition) is 5. The summed E-state index contributed by atoms with van der Waals surface area (Å²) in [6.45, 7) is 0.482. The van der Waals surface area contributed by atoms with Gasteiger partial charge in [0.15, 0.2) is 5.76 Å². The third kappa shape index (κ3) is 1.95. The number of nitrogens with two attached hydrogens (primary N) is 1. The molecule has 1 amide bonds. The van der Waals surface area contributed by atoms with Crippen LogP contribution in [0.5, 0.6) is 0 Å². The largest absolute Gasteiger partial charge is 0.455 e. The van der Waals surface area contributed by atoms with Gasteiger partial charge < -0.3 is 25.3 Å². The monoisotopic (exact) mass is 226 g/mol. The molecule has 2 atom stereocenters. The fourth-order valence-corrected chi connectivity index (χ4v) is 1.69. The molecule has 0 saturated carbocycles. The van der Waals surface area contributed by atoms with Crippen molar-refractivity contribution in [2.24, 2.45) is 5.73 Å². The van der Waals surface area contributed by atoms with Gasteiger partial charge in [-0.15, -0.1) is 0 Å². The van der Waals surface area contributed by atoms with E-state index < -0.39 is 12.2 Å². The lowest BCUT2D eigenvalue weighted by Crippen LogP contribution is -2.29. The molecule has 2 rings (SSSR count). The van der Waals surface area contributed by atoms with E-state index in [0.29, 0.717) is 5.76 Å². The van der Waals surface area contributed by atoms with E-state index in [1.807, 2.05) is 0 Å². The van der Waals surface area contributed by atoms with Gasteiger partial charge in [0.05, 0.1) is 18.8 Å². The summed E-state index contributed by atoms with van der Waals surface area (Å²) in [5.74, 6) is 0.376. The smallest absolute Gasteiger partial charge is 0.289 e. The fraction of sp³-hybridized carbons (Fsp3) is 0.500. The van der Waals surface area contributed by atoms with Crippen molar-refractivity contribution >= 4 is 5.91 Å². The summed E-state index contributed by atoms with van der Waals surface area (Å²) in [4.78, 5) is 13.2. The van der Waals surface area contributed by atoms with Crippen molar-refractivity contribution in [1.29, 1.82) is 0 Å². The first-order chi connectivity index (χ1) is 7.61. The van der Waals surface area contributed by atoms with Gasteiger partial charge in [-0.1, -0.05) is 0 Å². The second-order valence-corrected chi connectivity index (χ2v) is 3.81. The Morgan fingerprint density at radius 2 is 2.06 bits per heavy atom. The van der Waals surface area contributed by atoms with Crippen LogP contribution >= 0.6 is 0 Å². The van der Waals surface area contributed by atoms with Crippen molar-refractivity contribution in [3.63, 3.8) is 0 Å². The molecule has 1 aromatic heterocycles. The SMILES string of the molecule is NCc1ccc(C(=O)N2C[C@@H](O)[C@@H](O)C2)o1. The summed E-state index contributed by atoms with van der Waals surface area (Å²) in [6, 6.07) is 3.18. The van der Waals surface area contributed by atoms with Gasteiger partial charge in [-0.2, -0.15) is 0 Å². The van der Waals surface area contributed by atoms with Crippen molar-refractivity contribution in [2.75, 3.05) is 13.1 Å². The zero-order valence-corrected chi connectivity index (χ0v) is 8.67. The van der Waals surface area contributed by atoms with E-state index in [1.54, 1.807) is 12.1 Å². The maximum absolute atomic E-state index is 11.8. The molecule has 16 heavy (non-hydrogen) atoms. The molecule has 88 valence electrons. The van der Waals surface area contributed by atoms with Gasteiger partial charge in [0, 0.05) is 13.1 Å². The molecule has 1 saturated heterocycles. The van der Waals surface area contributed by atoms with Gasteiger partial charge in [0.1, 0.15) is 5.76 Å². The number of rotatable bonds is 2. The van der Waals surface area contributed by atoms with Crippen LogP contribution in [0.15, 0.2) is 16.5 Å². The van der Waals surface area contributed by atoms with Crippen molar-refractivity contribution < 1.29 is 19.4 Å². The van der Waals surface area contributed by atoms with Crippen molar-refractivity contribution in [2.45, 2.75) is 18.8 Å². The number of aliphatic hydroxyl groups is 2. The molecular formula is C10H14N2O4. The molecule has 1 aromatic rings. The molecule has 0 radical (unpaired) electrons. The number of nitrogens with zero attached hydrogens (tertiary/aromatic N) is 1. The number of likely N-dealkylation sites (tertiary alicyclic amines) is 1. The van der Waals surface area contributed by atoms with Crippen LogP contribution < -0.4 is 5.73 Å². The molecule has 4 N–H and O–H groups in total. The fourth-order valence-electron chi connectivity index (χ4n) is 1.69. The van der Waals surface area contributed by atoms with Crippen LogP contribution in [0.2, 0.25) is 0 Å². The first kappa shape index (κ1) is 11.1. The summed E-state index contributed by atoms with van der Waals surface area (Å²) in [6.07, 6.45) is -1.76. The van der Waals surface area contributed by atoms with E-state index in [0.717, 1.165) is 0 Å². The first-order valence-electron chi connectivity index (χ1n) is 5.06. The standard InChI is InChI=1S/C10H14N2O4/c11-3-6-1-2-9(16-6)10(15)12-4-7(13)8(14)5-12/h1-2,7-8,13-14H,3-5,11H2/t7-,8+. The van der Waals surface area contributed by atoms with Gasteiger partial charge >= 0.3 is 0 Å². The van der Waals surface area contributed by atoms with E-state index in [-0.39, 0.29) is 31.3 Å². The van der Waals surface area contributed by atoms with Gasteiger partial charge in [-0.25, -0.2) is 0 Å². The average molecular weight is 226 g/mol. The van der Waals surface area contributed by atoms with E-state index in [9.17, 15) is 15.0 Å². The van der Waals surface area contributed by atoms with Crippen LogP contribution in [-0.2, 0) is 6.54 Å². The van der Waals surface area contributed by atoms with Crippen LogP contribution in [-0.4, -0.2) is 46.3 Å². The molecule has 0 spiro atoms. The van der Waals surface area contributed by atoms with E-state index in [2.05, 4.69) is 0 Å². The lowest BCUT2D eigenvalue weighted by atomic mass is 10.3. The predicted octanol–water partition coefficient (Wildman–Crippen LogP) is -1.08. The molecule has 1 aliphatic rings. The Bertz CT molecular complexity index is 380. The number of amides is 1. The Morgan fingerprint density at radius 1 is 1.44 bits per heavy atom. The van der Waals surface area contributed by atoms with Crippen LogP contribution in [0.4, 0.5) is 0 Å². The van der Waals surface area contributed by atoms with E-state index in [1.165, 1.54) is 4.90 Å². The third-order valence-electron chi connectivity index (χ3n) is 2.62. The molecule has 6 nitrogen and oxygen atoms in total. The highest BCUT2D eigenvalue weighted by Gasteiger charge is 2.33. The quantitative estimate of drug-likeness (QED) is 0.595. The summed E-state index contributed by atoms with van der Waals surface area (Å²) < 4.78 is 5.20. The number of carbonyl (C=O) groups excluding carboxylic acids is 1. The van der Waals surface area contributed by atoms with Gasteiger partial charge in [-0.05, 0) is 12.1 Å². The number of β-amino-alcohol motifs (C(OH)–C–C–N with tert-alkyl or cyclic N) is 2. The minimum Gasteiger partial charge on any atom is -0.455 e. The Balaban J connectivity index is 2.08. The molecule has 0 bridgehead atoms. The zero-order chi connectivity index (χ0) is 11.7. The first-order valence-corrected chi connectivity index (χ1v) is 5.06. The van der Waals surface area contributed by atoms with Crippen molar-refractivity contribution in [3.8, 4) is 0 Å². The summed E-state index contributed by atoms with van der Waals surface area (Å²) in [5.41, 5.74) is 5.36. The van der Waals surface area contributed by atoms with Crippen LogP contribution in [0.1, 0.15) is 16.3 Å². The highest BCUT2D eigenvalue weighted by molar-refractivity contribution is 5.91. The molecule has 6 heteroatoms. The van der Waals surface area contributed by atoms with Crippen LogP contribution in [0.3, 0.4) is 0 Å². The lowest BCUT2D eigenvalue weighted by molar-refractivity contribution is 0.0572. The molecular weight excluding hydrogens is 212 g/mol. The summed E-state index contributed by atoms with van der Waals surface area (Å²) in [5, 5.41) is 18.6. The summed E-state index contributed by atoms with van der Waals surface area (Å²) in [7, 11) is 0. The number of furan rings is 1. The van der Waals surface area contributed by atoms with E-state index >= 15 is 0 Å². The molecule has 0 aromatic carbocycles. The maximum Gasteiger partial charge on any atom is 0.289 e. The normalized spacial score (nSPS) is 25.1. The summed E-state index contributed by atoms with van der Waals surface area (Å²) >= 11 is 0. The third-order valence-corrected chi connectivity index (χ3v) is 2.62. The Hall–Kier alpha value is -1.37. The molecule has 0 unspecified atom stereocenters. The molecule has 2 heterocycles. The minimum atomic E-state index is -0.882. The van der Waals surface area contributed by atoms with Gasteiger partial charge in [0.2, 0.25) is 0 Å². The highest BCUT2D eigenvalue weighted by Crippen LogP contribution is 2.16. The Labute approximate surface area is 92.3 Å². The number of aliphatic hydroxyl groups excluding tert-OH is 2. The second-order valence-electron chi connectivity index (χ2n) is 3.81. The lowest BCUT2D eigenvalue weighted by Gasteiger charge is -2.12. The van der Waals surface area contributed by atoms with Crippen molar-refractivity contribution in [1.82, 2.24) is 4.90 Å². The van der Waals surface area contributed by atoms with Crippen LogP contribution in [0.25, 0.3) is 0 Å².